The number of nitrogens with one attached hydrogen (secondary N) is 1. The molecule has 14 heavy (non-hydrogen) atoms. The molecule has 0 unspecified atom stereocenters. The number of aliphatic hydroxyl groups is 1. The van der Waals surface area contributed by atoms with Crippen LogP contribution in [0.25, 0.3) is 0 Å². The van der Waals surface area contributed by atoms with Crippen molar-refractivity contribution in [1.82, 2.24) is 5.32 Å². The van der Waals surface area contributed by atoms with Gasteiger partial charge in [0.15, 0.2) is 0 Å². The van der Waals surface area contributed by atoms with Crippen LogP contribution in [0.3, 0.4) is 0 Å². The second kappa shape index (κ2) is 4.43. The molecular weight excluding hydrogens is 180 g/mol. The number of aliphatic hydroxyl groups excluding tert-OH is 1. The van der Waals surface area contributed by atoms with E-state index in [1.54, 1.807) is 6.92 Å². The highest BCUT2D eigenvalue weighted by atomic mass is 16.3. The second-order valence-electron chi connectivity index (χ2n) is 3.96. The third-order valence-electron chi connectivity index (χ3n) is 2.66. The summed E-state index contributed by atoms with van der Waals surface area (Å²) in [6, 6.07) is 2.11. The van der Waals surface area contributed by atoms with Crippen LogP contribution < -0.4 is 5.32 Å². The zero-order chi connectivity index (χ0) is 10.6. The van der Waals surface area contributed by atoms with E-state index in [4.69, 9.17) is 10.4 Å². The molecule has 4 heteroatoms. The maximum absolute atomic E-state index is 11.7. The second-order valence-corrected chi connectivity index (χ2v) is 3.96. The van der Waals surface area contributed by atoms with Crippen molar-refractivity contribution < 1.29 is 9.90 Å². The molecule has 0 aromatic heterocycles. The van der Waals surface area contributed by atoms with Gasteiger partial charge in [0.25, 0.3) is 0 Å². The topological polar surface area (TPSA) is 73.1 Å². The van der Waals surface area contributed by atoms with Gasteiger partial charge in [-0.05, 0) is 19.8 Å². The zero-order valence-electron chi connectivity index (χ0n) is 8.42. The molecule has 0 radical (unpaired) electrons. The van der Waals surface area contributed by atoms with Crippen LogP contribution >= 0.6 is 0 Å². The minimum Gasteiger partial charge on any atom is -0.392 e. The average molecular weight is 196 g/mol. The Morgan fingerprint density at radius 2 is 2.21 bits per heavy atom. The summed E-state index contributed by atoms with van der Waals surface area (Å²) >= 11 is 0. The van der Waals surface area contributed by atoms with Gasteiger partial charge < -0.3 is 10.4 Å². The fourth-order valence-corrected chi connectivity index (χ4v) is 1.78. The van der Waals surface area contributed by atoms with Crippen molar-refractivity contribution >= 4 is 5.91 Å². The molecule has 1 amide bonds. The van der Waals surface area contributed by atoms with Crippen LogP contribution in [0, 0.1) is 16.7 Å². The van der Waals surface area contributed by atoms with Gasteiger partial charge in [0.2, 0.25) is 5.91 Å². The van der Waals surface area contributed by atoms with Gasteiger partial charge in [0, 0.05) is 6.54 Å². The molecule has 0 saturated heterocycles. The van der Waals surface area contributed by atoms with E-state index in [2.05, 4.69) is 11.4 Å². The molecule has 0 spiro atoms. The van der Waals surface area contributed by atoms with Crippen LogP contribution in [0.2, 0.25) is 0 Å². The number of carbonyl (C=O) groups is 1. The number of hydrogen-bond donors (Lipinski definition) is 2. The number of rotatable bonds is 3. The fourth-order valence-electron chi connectivity index (χ4n) is 1.78. The highest BCUT2D eigenvalue weighted by Gasteiger charge is 2.41. The van der Waals surface area contributed by atoms with Crippen molar-refractivity contribution in [2.75, 3.05) is 6.54 Å². The van der Waals surface area contributed by atoms with Gasteiger partial charge in [-0.15, -0.1) is 0 Å². The predicted octanol–water partition coefficient (Wildman–Crippen LogP) is 0.567. The molecule has 1 rings (SSSR count). The summed E-state index contributed by atoms with van der Waals surface area (Å²) in [5.41, 5.74) is -0.825. The Hall–Kier alpha value is -1.08. The minimum absolute atomic E-state index is 0.224. The molecular formula is C10H16N2O2. The summed E-state index contributed by atoms with van der Waals surface area (Å²) in [7, 11) is 0. The van der Waals surface area contributed by atoms with Crippen LogP contribution in [0.4, 0.5) is 0 Å². The van der Waals surface area contributed by atoms with E-state index < -0.39 is 11.5 Å². The minimum atomic E-state index is -0.825. The zero-order valence-corrected chi connectivity index (χ0v) is 8.42. The lowest BCUT2D eigenvalue weighted by atomic mass is 9.87. The van der Waals surface area contributed by atoms with Gasteiger partial charge in [0.05, 0.1) is 12.2 Å². The summed E-state index contributed by atoms with van der Waals surface area (Å²) in [6.07, 6.45) is 2.62. The third kappa shape index (κ3) is 2.24. The lowest BCUT2D eigenvalue weighted by Gasteiger charge is -2.19. The summed E-state index contributed by atoms with van der Waals surface area (Å²) < 4.78 is 0. The van der Waals surface area contributed by atoms with Crippen molar-refractivity contribution in [3.63, 3.8) is 0 Å². The molecule has 0 aromatic rings. The van der Waals surface area contributed by atoms with Crippen molar-refractivity contribution in [3.8, 4) is 6.07 Å². The van der Waals surface area contributed by atoms with Crippen LogP contribution in [-0.2, 0) is 4.79 Å². The third-order valence-corrected chi connectivity index (χ3v) is 2.66. The van der Waals surface area contributed by atoms with Crippen LogP contribution in [-0.4, -0.2) is 23.7 Å². The van der Waals surface area contributed by atoms with E-state index in [9.17, 15) is 4.79 Å². The molecule has 0 aromatic carbocycles. The predicted molar refractivity (Wildman–Crippen MR) is 51.2 cm³/mol. The maximum Gasteiger partial charge on any atom is 0.240 e. The molecule has 4 nitrogen and oxygen atoms in total. The Balaban J connectivity index is 2.53. The van der Waals surface area contributed by atoms with Crippen molar-refractivity contribution in [2.45, 2.75) is 38.7 Å². The number of nitrogens with zero attached hydrogens (tertiary/aromatic N) is 1. The van der Waals surface area contributed by atoms with E-state index in [0.29, 0.717) is 12.8 Å². The summed E-state index contributed by atoms with van der Waals surface area (Å²) in [4.78, 5) is 11.7. The van der Waals surface area contributed by atoms with Crippen LogP contribution in [0.15, 0.2) is 0 Å². The molecule has 1 aliphatic carbocycles. The lowest BCUT2D eigenvalue weighted by molar-refractivity contribution is -0.128. The van der Waals surface area contributed by atoms with Gasteiger partial charge in [-0.2, -0.15) is 5.26 Å². The molecule has 0 heterocycles. The maximum atomic E-state index is 11.7. The molecule has 1 aliphatic rings. The first kappa shape index (κ1) is 11.0. The quantitative estimate of drug-likeness (QED) is 0.693. The van der Waals surface area contributed by atoms with Crippen LogP contribution in [0.5, 0.6) is 0 Å². The van der Waals surface area contributed by atoms with Crippen molar-refractivity contribution in [1.29, 1.82) is 5.26 Å². The highest BCUT2D eigenvalue weighted by Crippen LogP contribution is 2.37. The molecule has 1 saturated carbocycles. The van der Waals surface area contributed by atoms with E-state index in [-0.39, 0.29) is 12.5 Å². The Bertz CT molecular complexity index is 249. The van der Waals surface area contributed by atoms with Gasteiger partial charge in [-0.25, -0.2) is 0 Å². The van der Waals surface area contributed by atoms with Gasteiger partial charge >= 0.3 is 0 Å². The Morgan fingerprint density at radius 3 is 2.64 bits per heavy atom. The van der Waals surface area contributed by atoms with Crippen molar-refractivity contribution in [2.24, 2.45) is 5.41 Å². The smallest absolute Gasteiger partial charge is 0.240 e. The monoisotopic (exact) mass is 196 g/mol. The Kier molecular flexibility index (Phi) is 3.48. The SMILES string of the molecule is C[C@H](O)CNC(=O)C1(C#N)CCCC1. The molecule has 2 N–H and O–H groups in total. The van der Waals surface area contributed by atoms with Gasteiger partial charge in [-0.3, -0.25) is 4.79 Å². The number of nitriles is 1. The van der Waals surface area contributed by atoms with Crippen molar-refractivity contribution in [3.05, 3.63) is 0 Å². The number of hydrogen-bond acceptors (Lipinski definition) is 3. The Morgan fingerprint density at radius 1 is 1.64 bits per heavy atom. The normalized spacial score (nSPS) is 21.2. The lowest BCUT2D eigenvalue weighted by Crippen LogP contribution is -2.41. The first-order chi connectivity index (χ1) is 6.60. The van der Waals surface area contributed by atoms with Gasteiger partial charge in [-0.1, -0.05) is 12.8 Å². The summed E-state index contributed by atoms with van der Waals surface area (Å²) in [5, 5.41) is 20.6. The molecule has 78 valence electrons. The largest absolute Gasteiger partial charge is 0.392 e. The van der Waals surface area contributed by atoms with E-state index in [1.165, 1.54) is 0 Å². The molecule has 0 bridgehead atoms. The first-order valence-electron chi connectivity index (χ1n) is 4.98. The number of amides is 1. The van der Waals surface area contributed by atoms with E-state index >= 15 is 0 Å². The molecule has 1 atom stereocenters. The fraction of sp³-hybridized carbons (Fsp3) is 0.800. The van der Waals surface area contributed by atoms with E-state index in [0.717, 1.165) is 12.8 Å². The molecule has 0 aliphatic heterocycles. The summed E-state index contributed by atoms with van der Waals surface area (Å²) in [6.45, 7) is 1.83. The first-order valence-corrected chi connectivity index (χ1v) is 4.98. The number of carbonyl (C=O) groups excluding carboxylic acids is 1. The van der Waals surface area contributed by atoms with Gasteiger partial charge in [0.1, 0.15) is 5.41 Å². The van der Waals surface area contributed by atoms with E-state index in [1.807, 2.05) is 0 Å². The molecule has 1 fully saturated rings. The highest BCUT2D eigenvalue weighted by molar-refractivity contribution is 5.85. The Labute approximate surface area is 83.9 Å². The summed E-state index contributed by atoms with van der Waals surface area (Å²) in [5.74, 6) is -0.224. The standard InChI is InChI=1S/C10H16N2O2/c1-8(13)6-12-9(14)10(7-11)4-2-3-5-10/h8,13H,2-6H2,1H3,(H,12,14)/t8-/m0/s1. The average Bonchev–Trinajstić information content (AvgIpc) is 2.63. The van der Waals surface area contributed by atoms with Crippen LogP contribution in [0.1, 0.15) is 32.6 Å².